The van der Waals surface area contributed by atoms with Gasteiger partial charge in [-0.05, 0) is 55.5 Å². The first kappa shape index (κ1) is 22.3. The van der Waals surface area contributed by atoms with E-state index in [0.717, 1.165) is 12.1 Å². The smallest absolute Gasteiger partial charge is 0.416 e. The molecule has 0 aliphatic rings. The van der Waals surface area contributed by atoms with Crippen LogP contribution < -0.4 is 10.9 Å². The predicted octanol–water partition coefficient (Wildman–Crippen LogP) is 5.04. The van der Waals surface area contributed by atoms with Crippen LogP contribution in [0.2, 0.25) is 0 Å². The summed E-state index contributed by atoms with van der Waals surface area (Å²) in [6, 6.07) is 12.2. The maximum Gasteiger partial charge on any atom is 0.416 e. The molecule has 0 bridgehead atoms. The van der Waals surface area contributed by atoms with Gasteiger partial charge in [0.2, 0.25) is 0 Å². The summed E-state index contributed by atoms with van der Waals surface area (Å²) in [7, 11) is 0. The van der Waals surface area contributed by atoms with Gasteiger partial charge in [0, 0.05) is 11.9 Å². The van der Waals surface area contributed by atoms with Crippen molar-refractivity contribution in [3.63, 3.8) is 0 Å². The average molecular weight is 478 g/mol. The van der Waals surface area contributed by atoms with E-state index >= 15 is 0 Å². The molecular weight excluding hydrogens is 461 g/mol. The summed E-state index contributed by atoms with van der Waals surface area (Å²) >= 11 is 0. The Hall–Kier alpha value is -4.47. The summed E-state index contributed by atoms with van der Waals surface area (Å²) in [6.07, 6.45) is -0.282. The van der Waals surface area contributed by atoms with E-state index in [-0.39, 0.29) is 22.8 Å². The molecule has 0 saturated heterocycles. The molecule has 1 N–H and O–H groups in total. The normalized spacial score (nSPS) is 12.7. The van der Waals surface area contributed by atoms with Crippen LogP contribution in [0, 0.1) is 0 Å². The molecule has 176 valence electrons. The molecule has 10 heteroatoms. The van der Waals surface area contributed by atoms with Crippen LogP contribution in [0.4, 0.5) is 13.2 Å². The van der Waals surface area contributed by atoms with E-state index in [1.807, 2.05) is 6.07 Å². The minimum atomic E-state index is -4.50. The molecular formula is C25H17F3N4O3. The number of furan rings is 1. The van der Waals surface area contributed by atoms with E-state index < -0.39 is 23.2 Å². The van der Waals surface area contributed by atoms with E-state index in [1.54, 1.807) is 25.3 Å². The highest BCUT2D eigenvalue weighted by molar-refractivity contribution is 6.05. The molecule has 0 fully saturated rings. The molecule has 4 heterocycles. The zero-order valence-electron chi connectivity index (χ0n) is 18.2. The Morgan fingerprint density at radius 3 is 2.46 bits per heavy atom. The lowest BCUT2D eigenvalue weighted by atomic mass is 10.1. The fourth-order valence-corrected chi connectivity index (χ4v) is 3.87. The van der Waals surface area contributed by atoms with E-state index in [2.05, 4.69) is 15.3 Å². The van der Waals surface area contributed by atoms with Crippen molar-refractivity contribution >= 4 is 27.7 Å². The lowest BCUT2D eigenvalue weighted by Crippen LogP contribution is -2.28. The third-order valence-corrected chi connectivity index (χ3v) is 5.63. The number of benzene rings is 1. The number of nitrogens with zero attached hydrogens (tertiary/aromatic N) is 3. The van der Waals surface area contributed by atoms with Crippen molar-refractivity contribution < 1.29 is 22.4 Å². The molecule has 5 rings (SSSR count). The highest BCUT2D eigenvalue weighted by Crippen LogP contribution is 2.30. The van der Waals surface area contributed by atoms with Gasteiger partial charge in [0.25, 0.3) is 11.5 Å². The quantitative estimate of drug-likeness (QED) is 0.391. The van der Waals surface area contributed by atoms with Gasteiger partial charge in [-0.1, -0.05) is 6.07 Å². The Labute approximate surface area is 195 Å². The predicted molar refractivity (Wildman–Crippen MR) is 122 cm³/mol. The molecule has 0 saturated carbocycles. The number of hydrogen-bond acceptors (Lipinski definition) is 5. The first-order chi connectivity index (χ1) is 16.7. The molecule has 0 spiro atoms. The second-order valence-electron chi connectivity index (χ2n) is 7.90. The van der Waals surface area contributed by atoms with Gasteiger partial charge in [-0.15, -0.1) is 0 Å². The largest absolute Gasteiger partial charge is 0.471 e. The molecule has 35 heavy (non-hydrogen) atoms. The van der Waals surface area contributed by atoms with E-state index in [4.69, 9.17) is 4.42 Å². The Kier molecular flexibility index (Phi) is 5.35. The monoisotopic (exact) mass is 478 g/mol. The van der Waals surface area contributed by atoms with Crippen LogP contribution in [0.3, 0.4) is 0 Å². The van der Waals surface area contributed by atoms with Crippen molar-refractivity contribution in [3.05, 3.63) is 101 Å². The van der Waals surface area contributed by atoms with Crippen LogP contribution in [0.15, 0.2) is 82.5 Å². The van der Waals surface area contributed by atoms with Crippen molar-refractivity contribution in [1.29, 1.82) is 0 Å². The molecule has 1 amide bonds. The molecule has 0 aliphatic carbocycles. The van der Waals surface area contributed by atoms with Crippen molar-refractivity contribution in [1.82, 2.24) is 19.9 Å². The molecule has 0 unspecified atom stereocenters. The molecule has 1 aromatic carbocycles. The fraction of sp³-hybridized carbons (Fsp3) is 0.120. The van der Waals surface area contributed by atoms with Gasteiger partial charge < -0.3 is 9.73 Å². The summed E-state index contributed by atoms with van der Waals surface area (Å²) in [5.41, 5.74) is 0.296. The maximum atomic E-state index is 13.2. The number of aromatic nitrogens is 3. The van der Waals surface area contributed by atoms with Crippen LogP contribution in [0.25, 0.3) is 27.5 Å². The summed E-state index contributed by atoms with van der Waals surface area (Å²) in [5.74, 6) is -0.450. The lowest BCUT2D eigenvalue weighted by molar-refractivity contribution is -0.137. The molecule has 0 radical (unpaired) electrons. The minimum absolute atomic E-state index is 0.0976. The third kappa shape index (κ3) is 4.03. The first-order valence-corrected chi connectivity index (χ1v) is 10.5. The minimum Gasteiger partial charge on any atom is -0.471 e. The number of rotatable bonds is 4. The highest BCUT2D eigenvalue weighted by Gasteiger charge is 2.30. The van der Waals surface area contributed by atoms with Gasteiger partial charge in [0.15, 0.2) is 0 Å². The average Bonchev–Trinajstić information content (AvgIpc) is 3.35. The summed E-state index contributed by atoms with van der Waals surface area (Å²) in [6.45, 7) is 1.79. The van der Waals surface area contributed by atoms with E-state index in [0.29, 0.717) is 22.1 Å². The van der Waals surface area contributed by atoms with Gasteiger partial charge >= 0.3 is 6.18 Å². The summed E-state index contributed by atoms with van der Waals surface area (Å²) < 4.78 is 45.5. The topological polar surface area (TPSA) is 90.0 Å². The van der Waals surface area contributed by atoms with Gasteiger partial charge in [0.05, 0.1) is 39.1 Å². The van der Waals surface area contributed by atoms with Crippen LogP contribution in [0.5, 0.6) is 0 Å². The van der Waals surface area contributed by atoms with Gasteiger partial charge in [-0.2, -0.15) is 13.2 Å². The van der Waals surface area contributed by atoms with Gasteiger partial charge in [-0.3, -0.25) is 19.1 Å². The van der Waals surface area contributed by atoms with Gasteiger partial charge in [0.1, 0.15) is 18.2 Å². The molecule has 7 nitrogen and oxygen atoms in total. The van der Waals surface area contributed by atoms with Crippen LogP contribution in [-0.2, 0) is 6.18 Å². The summed E-state index contributed by atoms with van der Waals surface area (Å²) in [4.78, 5) is 34.8. The zero-order valence-corrected chi connectivity index (χ0v) is 18.2. The Morgan fingerprint density at radius 1 is 1.03 bits per heavy atom. The fourth-order valence-electron chi connectivity index (χ4n) is 3.87. The molecule has 0 aliphatic heterocycles. The van der Waals surface area contributed by atoms with Crippen LogP contribution in [-0.4, -0.2) is 20.4 Å². The second-order valence-corrected chi connectivity index (χ2v) is 7.90. The first-order valence-electron chi connectivity index (χ1n) is 10.5. The number of nitrogens with one attached hydrogen (secondary N) is 1. The maximum absolute atomic E-state index is 13.2. The number of carbonyl (C=O) groups is 1. The van der Waals surface area contributed by atoms with Crippen LogP contribution >= 0.6 is 0 Å². The van der Waals surface area contributed by atoms with E-state index in [9.17, 15) is 22.8 Å². The lowest BCUT2D eigenvalue weighted by Gasteiger charge is -2.15. The molecule has 4 aromatic heterocycles. The standard InChI is InChI=1S/C25H17F3N4O3/c1-14(19-4-2-3-11-29-19)30-23(33)20-9-10-21-22(31-20)17-12-35-13-18(17)24(34)32(21)16-7-5-15(6-8-16)25(26,27)28/h2-14H,1H3,(H,30,33)/t14-/m0/s1. The number of pyridine rings is 3. The number of carbonyl (C=O) groups excluding carboxylic acids is 1. The van der Waals surface area contributed by atoms with Crippen molar-refractivity contribution in [2.24, 2.45) is 0 Å². The van der Waals surface area contributed by atoms with Crippen molar-refractivity contribution in [2.75, 3.05) is 0 Å². The number of fused-ring (bicyclic) bond motifs is 3. The highest BCUT2D eigenvalue weighted by atomic mass is 19.4. The number of alkyl halides is 3. The second kappa shape index (κ2) is 8.39. The molecule has 5 aromatic rings. The number of halogens is 3. The zero-order chi connectivity index (χ0) is 24.7. The molecule has 1 atom stereocenters. The van der Waals surface area contributed by atoms with Gasteiger partial charge in [-0.25, -0.2) is 4.98 Å². The SMILES string of the molecule is C[C@H](NC(=O)c1ccc2c(n1)c1cocc1c(=O)n2-c1ccc(C(F)(F)F)cc1)c1ccccn1. The number of hydrogen-bond donors (Lipinski definition) is 1. The number of amides is 1. The van der Waals surface area contributed by atoms with E-state index in [1.165, 1.54) is 41.4 Å². The van der Waals surface area contributed by atoms with Crippen molar-refractivity contribution in [3.8, 4) is 5.69 Å². The Bertz CT molecular complexity index is 1610. The van der Waals surface area contributed by atoms with Crippen molar-refractivity contribution in [2.45, 2.75) is 19.1 Å². The third-order valence-electron chi connectivity index (χ3n) is 5.63. The van der Waals surface area contributed by atoms with Crippen LogP contribution in [0.1, 0.15) is 34.7 Å². The summed E-state index contributed by atoms with van der Waals surface area (Å²) in [5, 5.41) is 3.41. The Balaban J connectivity index is 1.60. The Morgan fingerprint density at radius 2 is 1.77 bits per heavy atom.